The summed E-state index contributed by atoms with van der Waals surface area (Å²) in [6, 6.07) is 0. The summed E-state index contributed by atoms with van der Waals surface area (Å²) in [6.07, 6.45) is 0.849. The minimum atomic E-state index is -1.44. The summed E-state index contributed by atoms with van der Waals surface area (Å²) < 4.78 is 10.4. The first-order chi connectivity index (χ1) is 10.1. The number of ether oxygens (including phenoxy) is 2. The number of hydrogen-bond acceptors (Lipinski definition) is 6. The van der Waals surface area contributed by atoms with Crippen molar-refractivity contribution >= 4 is 15.9 Å². The Hall–Kier alpha value is 0.240. The minimum Gasteiger partial charge on any atom is -0.394 e. The van der Waals surface area contributed by atoms with Crippen molar-refractivity contribution in [2.75, 3.05) is 18.5 Å². The van der Waals surface area contributed by atoms with E-state index >= 15 is 0 Å². The molecule has 0 aromatic heterocycles. The van der Waals surface area contributed by atoms with E-state index in [0.717, 1.165) is 24.6 Å². The molecule has 4 N–H and O–H groups in total. The smallest absolute Gasteiger partial charge is 0.184 e. The van der Waals surface area contributed by atoms with Crippen LogP contribution in [0.5, 0.6) is 0 Å². The highest BCUT2D eigenvalue weighted by molar-refractivity contribution is 9.09. The van der Waals surface area contributed by atoms with Gasteiger partial charge in [0, 0.05) is 11.9 Å². The van der Waals surface area contributed by atoms with Gasteiger partial charge in [-0.25, -0.2) is 0 Å². The number of alkyl halides is 1. The SMILES string of the molecule is OC[C@H]1O[C@H](O)[C@H](O)[C@@H](OCCCCCCCCBr)[C@@H]1O. The zero-order valence-corrected chi connectivity index (χ0v) is 13.8. The zero-order chi connectivity index (χ0) is 15.7. The van der Waals surface area contributed by atoms with Crippen LogP contribution in [0.1, 0.15) is 38.5 Å². The monoisotopic (exact) mass is 370 g/mol. The Morgan fingerprint density at radius 3 is 2.14 bits per heavy atom. The van der Waals surface area contributed by atoms with E-state index < -0.39 is 37.3 Å². The highest BCUT2D eigenvalue weighted by Crippen LogP contribution is 2.22. The molecule has 7 heteroatoms. The third-order valence-electron chi connectivity index (χ3n) is 3.68. The third-order valence-corrected chi connectivity index (χ3v) is 4.24. The van der Waals surface area contributed by atoms with Crippen molar-refractivity contribution in [2.45, 2.75) is 69.2 Å². The fraction of sp³-hybridized carbons (Fsp3) is 1.00. The van der Waals surface area contributed by atoms with Crippen molar-refractivity contribution < 1.29 is 29.9 Å². The van der Waals surface area contributed by atoms with Crippen LogP contribution in [0.2, 0.25) is 0 Å². The highest BCUT2D eigenvalue weighted by Gasteiger charge is 2.44. The maximum absolute atomic E-state index is 9.93. The molecule has 0 saturated carbocycles. The van der Waals surface area contributed by atoms with E-state index in [2.05, 4.69) is 15.9 Å². The van der Waals surface area contributed by atoms with Crippen molar-refractivity contribution in [3.8, 4) is 0 Å². The molecule has 0 spiro atoms. The molecule has 6 nitrogen and oxygen atoms in total. The van der Waals surface area contributed by atoms with Gasteiger partial charge in [-0.05, 0) is 12.8 Å². The molecule has 21 heavy (non-hydrogen) atoms. The van der Waals surface area contributed by atoms with Crippen molar-refractivity contribution in [3.63, 3.8) is 0 Å². The van der Waals surface area contributed by atoms with E-state index in [1.54, 1.807) is 0 Å². The largest absolute Gasteiger partial charge is 0.394 e. The van der Waals surface area contributed by atoms with Gasteiger partial charge in [0.05, 0.1) is 6.61 Å². The zero-order valence-electron chi connectivity index (χ0n) is 12.2. The Bertz CT molecular complexity index is 268. The van der Waals surface area contributed by atoms with Crippen LogP contribution < -0.4 is 0 Å². The molecule has 0 radical (unpaired) electrons. The Balaban J connectivity index is 2.19. The highest BCUT2D eigenvalue weighted by atomic mass is 79.9. The number of aliphatic hydroxyl groups excluding tert-OH is 4. The van der Waals surface area contributed by atoms with Crippen LogP contribution in [-0.2, 0) is 9.47 Å². The Morgan fingerprint density at radius 2 is 1.52 bits per heavy atom. The molecule has 1 aliphatic rings. The van der Waals surface area contributed by atoms with E-state index in [-0.39, 0.29) is 0 Å². The van der Waals surface area contributed by atoms with Crippen LogP contribution in [0.4, 0.5) is 0 Å². The lowest BCUT2D eigenvalue weighted by Crippen LogP contribution is -2.59. The van der Waals surface area contributed by atoms with Gasteiger partial charge in [-0.15, -0.1) is 0 Å². The first-order valence-electron chi connectivity index (χ1n) is 7.60. The molecular formula is C14H27BrO6. The van der Waals surface area contributed by atoms with E-state index in [9.17, 15) is 15.3 Å². The second kappa shape index (κ2) is 10.9. The summed E-state index contributed by atoms with van der Waals surface area (Å²) >= 11 is 3.40. The van der Waals surface area contributed by atoms with Crippen LogP contribution in [0.3, 0.4) is 0 Å². The van der Waals surface area contributed by atoms with Gasteiger partial charge in [0.1, 0.15) is 24.4 Å². The molecule has 0 amide bonds. The first kappa shape index (κ1) is 19.3. The van der Waals surface area contributed by atoms with Crippen LogP contribution >= 0.6 is 15.9 Å². The number of halogens is 1. The summed E-state index contributed by atoms with van der Waals surface area (Å²) in [7, 11) is 0. The quantitative estimate of drug-likeness (QED) is 0.331. The average Bonchev–Trinajstić information content (AvgIpc) is 2.48. The minimum absolute atomic E-state index is 0.405. The number of unbranched alkanes of at least 4 members (excludes halogenated alkanes) is 5. The lowest BCUT2D eigenvalue weighted by atomic mass is 9.99. The molecule has 1 aliphatic heterocycles. The van der Waals surface area contributed by atoms with E-state index in [0.29, 0.717) is 6.61 Å². The topological polar surface area (TPSA) is 99.4 Å². The maximum Gasteiger partial charge on any atom is 0.184 e. The first-order valence-corrected chi connectivity index (χ1v) is 8.72. The predicted molar refractivity (Wildman–Crippen MR) is 81.2 cm³/mol. The van der Waals surface area contributed by atoms with E-state index in [1.165, 1.54) is 19.3 Å². The molecule has 0 bridgehead atoms. The van der Waals surface area contributed by atoms with E-state index in [4.69, 9.17) is 14.6 Å². The lowest BCUT2D eigenvalue weighted by Gasteiger charge is -2.39. The molecule has 5 atom stereocenters. The van der Waals surface area contributed by atoms with Crippen molar-refractivity contribution in [1.29, 1.82) is 0 Å². The van der Waals surface area contributed by atoms with Crippen LogP contribution in [0.15, 0.2) is 0 Å². The molecule has 0 aromatic rings. The predicted octanol–water partition coefficient (Wildman–Crippen LogP) is 0.538. The molecule has 1 rings (SSSR count). The molecular weight excluding hydrogens is 344 g/mol. The second-order valence-electron chi connectivity index (χ2n) is 5.37. The molecule has 1 fully saturated rings. The maximum atomic E-state index is 9.93. The fourth-order valence-electron chi connectivity index (χ4n) is 2.39. The molecule has 0 aromatic carbocycles. The number of rotatable bonds is 10. The van der Waals surface area contributed by atoms with Gasteiger partial charge in [-0.1, -0.05) is 41.6 Å². The Morgan fingerprint density at radius 1 is 0.905 bits per heavy atom. The molecule has 126 valence electrons. The normalized spacial score (nSPS) is 33.3. The van der Waals surface area contributed by atoms with Crippen LogP contribution in [0, 0.1) is 0 Å². The summed E-state index contributed by atoms with van der Waals surface area (Å²) in [6.45, 7) is -0.0273. The summed E-state index contributed by atoms with van der Waals surface area (Å²) in [4.78, 5) is 0. The molecule has 0 aliphatic carbocycles. The average molecular weight is 371 g/mol. The lowest BCUT2D eigenvalue weighted by molar-refractivity contribution is -0.294. The van der Waals surface area contributed by atoms with Crippen LogP contribution in [-0.4, -0.2) is 69.7 Å². The van der Waals surface area contributed by atoms with Gasteiger partial charge >= 0.3 is 0 Å². The Kier molecular flexibility index (Phi) is 9.99. The van der Waals surface area contributed by atoms with E-state index in [1.807, 2.05) is 0 Å². The van der Waals surface area contributed by atoms with Gasteiger partial charge in [0.25, 0.3) is 0 Å². The second-order valence-corrected chi connectivity index (χ2v) is 6.17. The third kappa shape index (κ3) is 6.48. The fourth-order valence-corrected chi connectivity index (χ4v) is 2.78. The van der Waals surface area contributed by atoms with Gasteiger partial charge < -0.3 is 29.9 Å². The molecule has 1 saturated heterocycles. The summed E-state index contributed by atoms with van der Waals surface area (Å²) in [5.74, 6) is 0. The number of aliphatic hydroxyl groups is 4. The van der Waals surface area contributed by atoms with Crippen LogP contribution in [0.25, 0.3) is 0 Å². The standard InChI is InChI=1S/C14H27BrO6/c15-7-5-3-1-2-4-6-8-20-13-11(17)10(9-16)21-14(19)12(13)18/h10-14,16-19H,1-9H2/t10-,11-,12-,13+,14+/m1/s1. The molecule has 0 unspecified atom stereocenters. The van der Waals surface area contributed by atoms with Gasteiger partial charge in [0.2, 0.25) is 0 Å². The molecule has 1 heterocycles. The van der Waals surface area contributed by atoms with Crippen molar-refractivity contribution in [2.24, 2.45) is 0 Å². The van der Waals surface area contributed by atoms with Gasteiger partial charge in [-0.2, -0.15) is 0 Å². The Labute approximate surface area is 134 Å². The summed E-state index contributed by atoms with van der Waals surface area (Å²) in [5.41, 5.74) is 0. The van der Waals surface area contributed by atoms with Crippen molar-refractivity contribution in [1.82, 2.24) is 0 Å². The van der Waals surface area contributed by atoms with Crippen molar-refractivity contribution in [3.05, 3.63) is 0 Å². The van der Waals surface area contributed by atoms with Gasteiger partial charge in [0.15, 0.2) is 6.29 Å². The summed E-state index contributed by atoms with van der Waals surface area (Å²) in [5, 5.41) is 39.3. The number of hydrogen-bond donors (Lipinski definition) is 4. The van der Waals surface area contributed by atoms with Gasteiger partial charge in [-0.3, -0.25) is 0 Å².